The quantitative estimate of drug-likeness (QED) is 0.450. The zero-order valence-electron chi connectivity index (χ0n) is 14.0. The maximum absolute atomic E-state index is 12.7. The van der Waals surface area contributed by atoms with Gasteiger partial charge in [0.2, 0.25) is 17.8 Å². The van der Waals surface area contributed by atoms with E-state index in [1.807, 2.05) is 0 Å². The molecule has 3 aromatic heterocycles. The Morgan fingerprint density at radius 2 is 1.96 bits per heavy atom. The molecule has 0 aliphatic carbocycles. The third kappa shape index (κ3) is 4.07. The third-order valence-corrected chi connectivity index (χ3v) is 4.52. The third-order valence-electron chi connectivity index (χ3n) is 3.34. The lowest BCUT2D eigenvalue weighted by molar-refractivity contribution is -0.141. The molecule has 0 aliphatic heterocycles. The van der Waals surface area contributed by atoms with Crippen molar-refractivity contribution in [1.82, 2.24) is 29.9 Å². The fourth-order valence-electron chi connectivity index (χ4n) is 2.01. The lowest BCUT2D eigenvalue weighted by Crippen LogP contribution is -2.35. The van der Waals surface area contributed by atoms with Gasteiger partial charge in [-0.05, 0) is 19.9 Å². The Kier molecular flexibility index (Phi) is 4.63. The van der Waals surface area contributed by atoms with E-state index in [9.17, 15) is 18.0 Å². The Bertz CT molecular complexity index is 1000. The van der Waals surface area contributed by atoms with Crippen molar-refractivity contribution in [2.45, 2.75) is 29.8 Å². The van der Waals surface area contributed by atoms with Crippen molar-refractivity contribution in [2.75, 3.05) is 11.1 Å². The van der Waals surface area contributed by atoms with Crippen LogP contribution in [0.1, 0.15) is 19.5 Å². The fourth-order valence-corrected chi connectivity index (χ4v) is 3.03. The predicted molar refractivity (Wildman–Crippen MR) is 91.7 cm³/mol. The van der Waals surface area contributed by atoms with Gasteiger partial charge in [0, 0.05) is 6.20 Å². The first kappa shape index (κ1) is 18.8. The van der Waals surface area contributed by atoms with Gasteiger partial charge in [-0.1, -0.05) is 11.8 Å². The number of carbonyl (C=O) groups is 1. The molecular weight excluding hydrogens is 385 g/mol. The van der Waals surface area contributed by atoms with E-state index in [0.29, 0.717) is 22.3 Å². The molecule has 0 aromatic carbocycles. The smallest absolute Gasteiger partial charge is 0.368 e. The second-order valence-electron chi connectivity index (χ2n) is 5.82. The van der Waals surface area contributed by atoms with Gasteiger partial charge in [-0.2, -0.15) is 18.2 Å². The molecule has 0 bridgehead atoms. The zero-order valence-corrected chi connectivity index (χ0v) is 14.8. The molecule has 0 saturated carbocycles. The van der Waals surface area contributed by atoms with E-state index in [0.717, 1.165) is 18.0 Å². The summed E-state index contributed by atoms with van der Waals surface area (Å²) in [6.07, 6.45) is -2.31. The Labute approximate surface area is 154 Å². The summed E-state index contributed by atoms with van der Waals surface area (Å²) in [5, 5.41) is 2.66. The topological polar surface area (TPSA) is 135 Å². The Hall–Kier alpha value is -2.96. The number of amides is 1. The first-order valence-corrected chi connectivity index (χ1v) is 8.25. The number of nitrogens with one attached hydrogen (secondary N) is 2. The molecule has 0 aliphatic rings. The minimum Gasteiger partial charge on any atom is -0.368 e. The SMILES string of the molecule is CC(C)(Sc1nc(N)nc2nc[nH]c12)C(=O)Nc1nccc(C(F)(F)F)n1. The molecule has 3 heterocycles. The summed E-state index contributed by atoms with van der Waals surface area (Å²) in [7, 11) is 0. The monoisotopic (exact) mass is 398 g/mol. The van der Waals surface area contributed by atoms with Crippen LogP contribution in [-0.2, 0) is 11.0 Å². The van der Waals surface area contributed by atoms with Crippen molar-refractivity contribution in [3.05, 3.63) is 24.3 Å². The number of H-pyrrole nitrogens is 1. The van der Waals surface area contributed by atoms with Crippen LogP contribution in [0.2, 0.25) is 0 Å². The number of anilines is 2. The van der Waals surface area contributed by atoms with E-state index in [1.165, 1.54) is 6.33 Å². The molecule has 1 amide bonds. The summed E-state index contributed by atoms with van der Waals surface area (Å²) in [4.78, 5) is 34.4. The van der Waals surface area contributed by atoms with E-state index in [4.69, 9.17) is 5.73 Å². The van der Waals surface area contributed by atoms with Crippen molar-refractivity contribution < 1.29 is 18.0 Å². The van der Waals surface area contributed by atoms with Crippen molar-refractivity contribution in [3.63, 3.8) is 0 Å². The standard InChI is InChI=1S/C14H13F3N8OS/c1-13(2,27-9-7-8(21-5-20-7)23-11(18)24-9)10(26)25-12-19-4-3-6(22-12)14(15,16)17/h3-5H,1-2H3,(H,19,22,25,26)(H3,18,20,21,23,24). The van der Waals surface area contributed by atoms with Crippen LogP contribution in [0.3, 0.4) is 0 Å². The lowest BCUT2D eigenvalue weighted by atomic mass is 10.2. The van der Waals surface area contributed by atoms with Crippen LogP contribution in [0.4, 0.5) is 25.1 Å². The van der Waals surface area contributed by atoms with Gasteiger partial charge in [0.05, 0.1) is 11.1 Å². The minimum absolute atomic E-state index is 0.0190. The summed E-state index contributed by atoms with van der Waals surface area (Å²) in [5.41, 5.74) is 5.32. The molecule has 0 radical (unpaired) electrons. The number of imidazole rings is 1. The average molecular weight is 398 g/mol. The van der Waals surface area contributed by atoms with Crippen LogP contribution in [0, 0.1) is 0 Å². The molecule has 0 fully saturated rings. The molecule has 9 nitrogen and oxygen atoms in total. The van der Waals surface area contributed by atoms with Crippen LogP contribution in [0.15, 0.2) is 23.6 Å². The highest BCUT2D eigenvalue weighted by Crippen LogP contribution is 2.35. The number of halogens is 3. The average Bonchev–Trinajstić information content (AvgIpc) is 3.02. The summed E-state index contributed by atoms with van der Waals surface area (Å²) in [6.45, 7) is 3.14. The summed E-state index contributed by atoms with van der Waals surface area (Å²) < 4.78 is 37.1. The maximum atomic E-state index is 12.7. The van der Waals surface area contributed by atoms with Gasteiger partial charge >= 0.3 is 6.18 Å². The molecule has 0 saturated heterocycles. The number of fused-ring (bicyclic) bond motifs is 1. The molecule has 0 atom stereocenters. The number of nitrogen functional groups attached to an aromatic ring is 1. The van der Waals surface area contributed by atoms with Crippen molar-refractivity contribution >= 4 is 40.7 Å². The Balaban J connectivity index is 1.82. The number of hydrogen-bond donors (Lipinski definition) is 3. The molecule has 3 aromatic rings. The van der Waals surface area contributed by atoms with E-state index in [2.05, 4.69) is 35.2 Å². The molecule has 13 heteroatoms. The molecule has 142 valence electrons. The highest BCUT2D eigenvalue weighted by atomic mass is 32.2. The largest absolute Gasteiger partial charge is 0.433 e. The summed E-state index contributed by atoms with van der Waals surface area (Å²) in [6, 6.07) is 0.716. The number of rotatable bonds is 4. The highest BCUT2D eigenvalue weighted by Gasteiger charge is 2.34. The van der Waals surface area contributed by atoms with Gasteiger partial charge in [0.1, 0.15) is 16.2 Å². The number of aromatic nitrogens is 6. The predicted octanol–water partition coefficient (Wildman–Crippen LogP) is 2.25. The van der Waals surface area contributed by atoms with Crippen molar-refractivity contribution in [3.8, 4) is 0 Å². The van der Waals surface area contributed by atoms with Gasteiger partial charge in [-0.3, -0.25) is 10.1 Å². The maximum Gasteiger partial charge on any atom is 0.433 e. The number of carbonyl (C=O) groups excluding carboxylic acids is 1. The van der Waals surface area contributed by atoms with Gasteiger partial charge < -0.3 is 10.7 Å². The number of nitrogens with two attached hydrogens (primary N) is 1. The number of nitrogens with zero attached hydrogens (tertiary/aromatic N) is 5. The normalized spacial score (nSPS) is 12.3. The minimum atomic E-state index is -4.64. The highest BCUT2D eigenvalue weighted by molar-refractivity contribution is 8.01. The van der Waals surface area contributed by atoms with E-state index in [1.54, 1.807) is 13.8 Å². The first-order chi connectivity index (χ1) is 12.6. The molecular formula is C14H13F3N8OS. The number of aromatic amines is 1. The molecule has 0 spiro atoms. The van der Waals surface area contributed by atoms with Crippen LogP contribution in [0.25, 0.3) is 11.2 Å². The van der Waals surface area contributed by atoms with E-state index >= 15 is 0 Å². The van der Waals surface area contributed by atoms with E-state index in [-0.39, 0.29) is 5.95 Å². The van der Waals surface area contributed by atoms with Crippen molar-refractivity contribution in [1.29, 1.82) is 0 Å². The van der Waals surface area contributed by atoms with Gasteiger partial charge in [0.15, 0.2) is 5.65 Å². The Morgan fingerprint density at radius 3 is 2.67 bits per heavy atom. The zero-order chi connectivity index (χ0) is 19.8. The first-order valence-electron chi connectivity index (χ1n) is 7.43. The number of alkyl halides is 3. The number of hydrogen-bond acceptors (Lipinski definition) is 8. The molecule has 0 unspecified atom stereocenters. The second-order valence-corrected chi connectivity index (χ2v) is 7.43. The van der Waals surface area contributed by atoms with Crippen LogP contribution < -0.4 is 11.1 Å². The summed E-state index contributed by atoms with van der Waals surface area (Å²) in [5.74, 6) is -1.08. The van der Waals surface area contributed by atoms with Gasteiger partial charge in [-0.25, -0.2) is 19.9 Å². The number of thioether (sulfide) groups is 1. The van der Waals surface area contributed by atoms with Crippen LogP contribution in [0.5, 0.6) is 0 Å². The van der Waals surface area contributed by atoms with Crippen LogP contribution in [-0.4, -0.2) is 40.6 Å². The van der Waals surface area contributed by atoms with E-state index < -0.39 is 28.5 Å². The lowest BCUT2D eigenvalue weighted by Gasteiger charge is -2.22. The van der Waals surface area contributed by atoms with Gasteiger partial charge in [-0.15, -0.1) is 0 Å². The Morgan fingerprint density at radius 1 is 1.22 bits per heavy atom. The molecule has 27 heavy (non-hydrogen) atoms. The second kappa shape index (κ2) is 6.64. The molecule has 4 N–H and O–H groups in total. The van der Waals surface area contributed by atoms with Crippen LogP contribution >= 0.6 is 11.8 Å². The molecule has 3 rings (SSSR count). The fraction of sp³-hybridized carbons (Fsp3) is 0.286. The summed E-state index contributed by atoms with van der Waals surface area (Å²) >= 11 is 1.04. The van der Waals surface area contributed by atoms with Crippen molar-refractivity contribution in [2.24, 2.45) is 0 Å². The van der Waals surface area contributed by atoms with Gasteiger partial charge in [0.25, 0.3) is 0 Å².